The lowest BCUT2D eigenvalue weighted by molar-refractivity contribution is 0.249. The third-order valence-corrected chi connectivity index (χ3v) is 3.54. The highest BCUT2D eigenvalue weighted by Crippen LogP contribution is 2.07. The lowest BCUT2D eigenvalue weighted by Crippen LogP contribution is -2.45. The molecule has 0 amide bonds. The Kier molecular flexibility index (Phi) is 3.94. The molecule has 1 aliphatic rings. The van der Waals surface area contributed by atoms with Crippen molar-refractivity contribution in [3.8, 4) is 0 Å². The number of aromatic nitrogens is 2. The lowest BCUT2D eigenvalue weighted by Gasteiger charge is -2.27. The van der Waals surface area contributed by atoms with Crippen LogP contribution in [0.4, 0.5) is 5.95 Å². The van der Waals surface area contributed by atoms with E-state index in [0.29, 0.717) is 11.3 Å². The van der Waals surface area contributed by atoms with Gasteiger partial charge in [-0.05, 0) is 12.1 Å². The number of benzene rings is 1. The summed E-state index contributed by atoms with van der Waals surface area (Å²) in [7, 11) is 0. The summed E-state index contributed by atoms with van der Waals surface area (Å²) in [5, 5.41) is 7.15. The molecule has 1 aliphatic heterocycles. The predicted molar refractivity (Wildman–Crippen MR) is 80.2 cm³/mol. The molecule has 3 rings (SSSR count). The Morgan fingerprint density at radius 1 is 1.25 bits per heavy atom. The molecule has 0 aliphatic carbocycles. The highest BCUT2D eigenvalue weighted by Gasteiger charge is 2.09. The van der Waals surface area contributed by atoms with Crippen LogP contribution >= 0.6 is 0 Å². The third-order valence-electron chi connectivity index (χ3n) is 3.54. The minimum absolute atomic E-state index is 0.0970. The number of fused-ring (bicyclic) bond motifs is 1. The minimum atomic E-state index is -0.0970. The molecule has 0 atom stereocenters. The number of nitrogens with zero attached hydrogens (tertiary/aromatic N) is 2. The first-order valence-corrected chi connectivity index (χ1v) is 6.99. The summed E-state index contributed by atoms with van der Waals surface area (Å²) in [4.78, 5) is 21.5. The molecule has 106 valence electrons. The van der Waals surface area contributed by atoms with Gasteiger partial charge in [0.05, 0.1) is 10.9 Å². The van der Waals surface area contributed by atoms with Crippen molar-refractivity contribution in [3.05, 3.63) is 34.6 Å². The fourth-order valence-corrected chi connectivity index (χ4v) is 2.44. The summed E-state index contributed by atoms with van der Waals surface area (Å²) >= 11 is 0. The molecule has 0 saturated carbocycles. The molecule has 1 saturated heterocycles. The zero-order valence-corrected chi connectivity index (χ0v) is 11.4. The van der Waals surface area contributed by atoms with Crippen LogP contribution in [-0.2, 0) is 0 Å². The van der Waals surface area contributed by atoms with Crippen LogP contribution in [0.5, 0.6) is 0 Å². The number of anilines is 1. The van der Waals surface area contributed by atoms with E-state index in [1.807, 2.05) is 18.2 Å². The van der Waals surface area contributed by atoms with Gasteiger partial charge in [0, 0.05) is 39.3 Å². The first-order valence-electron chi connectivity index (χ1n) is 6.99. The van der Waals surface area contributed by atoms with Crippen LogP contribution in [0.3, 0.4) is 0 Å². The third kappa shape index (κ3) is 2.97. The Morgan fingerprint density at radius 3 is 2.90 bits per heavy atom. The molecule has 6 heteroatoms. The van der Waals surface area contributed by atoms with Gasteiger partial charge < -0.3 is 10.6 Å². The number of hydrogen-bond donors (Lipinski definition) is 3. The van der Waals surface area contributed by atoms with Crippen LogP contribution in [0.2, 0.25) is 0 Å². The highest BCUT2D eigenvalue weighted by atomic mass is 16.1. The number of nitrogens with one attached hydrogen (secondary N) is 3. The summed E-state index contributed by atoms with van der Waals surface area (Å²) in [6.07, 6.45) is 0. The number of para-hydroxylation sites is 1. The van der Waals surface area contributed by atoms with Gasteiger partial charge in [0.15, 0.2) is 0 Å². The molecule has 0 radical (unpaired) electrons. The summed E-state index contributed by atoms with van der Waals surface area (Å²) < 4.78 is 0. The minimum Gasteiger partial charge on any atom is -0.354 e. The zero-order valence-electron chi connectivity index (χ0n) is 11.4. The van der Waals surface area contributed by atoms with Gasteiger partial charge in [0.25, 0.3) is 5.56 Å². The summed E-state index contributed by atoms with van der Waals surface area (Å²) in [6.45, 7) is 5.97. The van der Waals surface area contributed by atoms with E-state index in [1.165, 1.54) is 0 Å². The van der Waals surface area contributed by atoms with Crippen molar-refractivity contribution >= 4 is 16.9 Å². The van der Waals surface area contributed by atoms with E-state index in [1.54, 1.807) is 6.07 Å². The quantitative estimate of drug-likeness (QED) is 0.744. The van der Waals surface area contributed by atoms with E-state index < -0.39 is 0 Å². The van der Waals surface area contributed by atoms with Crippen molar-refractivity contribution < 1.29 is 0 Å². The fraction of sp³-hybridized carbons (Fsp3) is 0.429. The topological polar surface area (TPSA) is 73.1 Å². The van der Waals surface area contributed by atoms with Crippen molar-refractivity contribution in [2.24, 2.45) is 0 Å². The molecule has 3 N–H and O–H groups in total. The second-order valence-electron chi connectivity index (χ2n) is 4.95. The first kappa shape index (κ1) is 13.1. The second kappa shape index (κ2) is 6.02. The van der Waals surface area contributed by atoms with Gasteiger partial charge in [-0.25, -0.2) is 4.98 Å². The SMILES string of the molecule is O=c1[nH]c(NCCN2CCNCC2)nc2ccccc12. The van der Waals surface area contributed by atoms with Crippen LogP contribution in [-0.4, -0.2) is 54.1 Å². The Balaban J connectivity index is 1.64. The molecule has 0 bridgehead atoms. The van der Waals surface area contributed by atoms with Crippen molar-refractivity contribution in [2.75, 3.05) is 44.6 Å². The average Bonchev–Trinajstić information content (AvgIpc) is 2.48. The maximum atomic E-state index is 11.9. The second-order valence-corrected chi connectivity index (χ2v) is 4.95. The van der Waals surface area contributed by atoms with Gasteiger partial charge in [-0.2, -0.15) is 0 Å². The molecule has 1 fully saturated rings. The van der Waals surface area contributed by atoms with Crippen LogP contribution in [0.15, 0.2) is 29.1 Å². The molecule has 1 aromatic carbocycles. The number of aromatic amines is 1. The fourth-order valence-electron chi connectivity index (χ4n) is 2.44. The van der Waals surface area contributed by atoms with Gasteiger partial charge in [-0.15, -0.1) is 0 Å². The number of piperazine rings is 1. The Hall–Kier alpha value is -1.92. The molecule has 2 heterocycles. The van der Waals surface area contributed by atoms with E-state index in [-0.39, 0.29) is 5.56 Å². The highest BCUT2D eigenvalue weighted by molar-refractivity contribution is 5.78. The normalized spacial score (nSPS) is 16.4. The molecule has 6 nitrogen and oxygen atoms in total. The van der Waals surface area contributed by atoms with Crippen molar-refractivity contribution in [3.63, 3.8) is 0 Å². The molecule has 0 spiro atoms. The van der Waals surface area contributed by atoms with E-state index in [0.717, 1.165) is 44.8 Å². The molecule has 0 unspecified atom stereocenters. The van der Waals surface area contributed by atoms with Crippen LogP contribution in [0, 0.1) is 0 Å². The monoisotopic (exact) mass is 273 g/mol. The smallest absolute Gasteiger partial charge is 0.260 e. The Bertz CT molecular complexity index is 633. The maximum Gasteiger partial charge on any atom is 0.260 e. The van der Waals surface area contributed by atoms with E-state index >= 15 is 0 Å². The van der Waals surface area contributed by atoms with Gasteiger partial charge in [0.1, 0.15) is 0 Å². The van der Waals surface area contributed by atoms with E-state index in [4.69, 9.17) is 0 Å². The number of hydrogen-bond acceptors (Lipinski definition) is 5. The largest absolute Gasteiger partial charge is 0.354 e. The van der Waals surface area contributed by atoms with Crippen molar-refractivity contribution in [2.45, 2.75) is 0 Å². The van der Waals surface area contributed by atoms with Crippen molar-refractivity contribution in [1.29, 1.82) is 0 Å². The van der Waals surface area contributed by atoms with E-state index in [9.17, 15) is 4.79 Å². The Labute approximate surface area is 117 Å². The lowest BCUT2D eigenvalue weighted by atomic mass is 10.2. The average molecular weight is 273 g/mol. The number of rotatable bonds is 4. The zero-order chi connectivity index (χ0) is 13.8. The van der Waals surface area contributed by atoms with Crippen LogP contribution < -0.4 is 16.2 Å². The molecule has 1 aromatic heterocycles. The molecule has 2 aromatic rings. The van der Waals surface area contributed by atoms with Gasteiger partial charge in [-0.3, -0.25) is 14.7 Å². The van der Waals surface area contributed by atoms with E-state index in [2.05, 4.69) is 25.5 Å². The molecule has 20 heavy (non-hydrogen) atoms. The maximum absolute atomic E-state index is 11.9. The van der Waals surface area contributed by atoms with Crippen LogP contribution in [0.1, 0.15) is 0 Å². The number of H-pyrrole nitrogens is 1. The Morgan fingerprint density at radius 2 is 2.05 bits per heavy atom. The standard InChI is InChI=1S/C14H19N5O/c20-13-11-3-1-2-4-12(11)17-14(18-13)16-7-10-19-8-5-15-6-9-19/h1-4,15H,5-10H2,(H2,16,17,18,20). The summed E-state index contributed by atoms with van der Waals surface area (Å²) in [5.41, 5.74) is 0.626. The summed E-state index contributed by atoms with van der Waals surface area (Å²) in [6, 6.07) is 7.37. The van der Waals surface area contributed by atoms with Gasteiger partial charge in [-0.1, -0.05) is 12.1 Å². The summed E-state index contributed by atoms with van der Waals surface area (Å²) in [5.74, 6) is 0.545. The first-order chi connectivity index (χ1) is 9.83. The predicted octanol–water partition coefficient (Wildman–Crippen LogP) is 0.240. The van der Waals surface area contributed by atoms with Crippen LogP contribution in [0.25, 0.3) is 10.9 Å². The van der Waals surface area contributed by atoms with Crippen molar-refractivity contribution in [1.82, 2.24) is 20.2 Å². The molecular formula is C14H19N5O. The molecular weight excluding hydrogens is 254 g/mol. The van der Waals surface area contributed by atoms with Gasteiger partial charge in [0.2, 0.25) is 5.95 Å². The van der Waals surface area contributed by atoms with Gasteiger partial charge >= 0.3 is 0 Å².